The van der Waals surface area contributed by atoms with Crippen molar-refractivity contribution in [3.8, 4) is 5.75 Å². The topological polar surface area (TPSA) is 66.0 Å². The van der Waals surface area contributed by atoms with Gasteiger partial charge in [-0.25, -0.2) is 4.98 Å². The zero-order valence-corrected chi connectivity index (χ0v) is 8.42. The average Bonchev–Trinajstić information content (AvgIpc) is 2.19. The van der Waals surface area contributed by atoms with Crippen LogP contribution in [-0.4, -0.2) is 15.1 Å². The molecule has 0 aliphatic heterocycles. The van der Waals surface area contributed by atoms with Crippen molar-refractivity contribution in [3.05, 3.63) is 22.4 Å². The Labute approximate surface area is 83.0 Å². The van der Waals surface area contributed by atoms with Crippen molar-refractivity contribution in [2.75, 3.05) is 0 Å². The van der Waals surface area contributed by atoms with Crippen molar-refractivity contribution in [2.45, 2.75) is 39.0 Å². The highest BCUT2D eigenvalue weighted by molar-refractivity contribution is 5.21. The van der Waals surface area contributed by atoms with Crippen molar-refractivity contribution >= 4 is 0 Å². The summed E-state index contributed by atoms with van der Waals surface area (Å²) in [5, 5.41) is 9.35. The molecule has 0 fully saturated rings. The molecule has 2 N–H and O–H groups in total. The Bertz CT molecular complexity index is 333. The molecule has 14 heavy (non-hydrogen) atoms. The first-order chi connectivity index (χ1) is 6.75. The van der Waals surface area contributed by atoms with E-state index in [0.29, 0.717) is 12.1 Å². The quantitative estimate of drug-likeness (QED) is 0.703. The van der Waals surface area contributed by atoms with Gasteiger partial charge in [-0.05, 0) is 12.8 Å². The Morgan fingerprint density at radius 3 is 2.93 bits per heavy atom. The van der Waals surface area contributed by atoms with Crippen LogP contribution < -0.4 is 5.56 Å². The summed E-state index contributed by atoms with van der Waals surface area (Å²) in [7, 11) is 0. The number of aryl methyl sites for hydroxylation is 1. The van der Waals surface area contributed by atoms with Crippen LogP contribution >= 0.6 is 0 Å². The summed E-state index contributed by atoms with van der Waals surface area (Å²) < 4.78 is 0. The van der Waals surface area contributed by atoms with Crippen LogP contribution in [-0.2, 0) is 6.42 Å². The molecule has 1 aromatic rings. The maximum Gasteiger partial charge on any atom is 0.293 e. The van der Waals surface area contributed by atoms with Gasteiger partial charge in [0.1, 0.15) is 0 Å². The van der Waals surface area contributed by atoms with Crippen molar-refractivity contribution < 1.29 is 5.11 Å². The number of nitrogens with one attached hydrogen (secondary N) is 1. The minimum Gasteiger partial charge on any atom is -0.502 e. The Balaban J connectivity index is 2.51. The minimum absolute atomic E-state index is 0.232. The van der Waals surface area contributed by atoms with E-state index in [1.807, 2.05) is 0 Å². The monoisotopic (exact) mass is 196 g/mol. The van der Waals surface area contributed by atoms with Gasteiger partial charge >= 0.3 is 0 Å². The summed E-state index contributed by atoms with van der Waals surface area (Å²) >= 11 is 0. The molecule has 78 valence electrons. The second-order valence-electron chi connectivity index (χ2n) is 3.34. The van der Waals surface area contributed by atoms with E-state index in [2.05, 4.69) is 16.9 Å². The molecule has 0 spiro atoms. The summed E-state index contributed by atoms with van der Waals surface area (Å²) in [5.41, 5.74) is 0.0512. The normalized spacial score (nSPS) is 10.4. The Morgan fingerprint density at radius 2 is 2.21 bits per heavy atom. The SMILES string of the molecule is CCCCCCc1nc[nH]c(=O)c1O. The van der Waals surface area contributed by atoms with Crippen molar-refractivity contribution in [1.29, 1.82) is 0 Å². The summed E-state index contributed by atoms with van der Waals surface area (Å²) in [6.07, 6.45) is 6.45. The fourth-order valence-corrected chi connectivity index (χ4v) is 1.33. The number of unbranched alkanes of at least 4 members (excludes halogenated alkanes) is 3. The lowest BCUT2D eigenvalue weighted by molar-refractivity contribution is 0.452. The molecule has 0 unspecified atom stereocenters. The largest absolute Gasteiger partial charge is 0.502 e. The third-order valence-corrected chi connectivity index (χ3v) is 2.17. The molecule has 4 heteroatoms. The predicted octanol–water partition coefficient (Wildman–Crippen LogP) is 1.60. The van der Waals surface area contributed by atoms with Crippen LogP contribution in [0.2, 0.25) is 0 Å². The van der Waals surface area contributed by atoms with E-state index >= 15 is 0 Å². The first-order valence-corrected chi connectivity index (χ1v) is 5.01. The van der Waals surface area contributed by atoms with Crippen LogP contribution in [0.5, 0.6) is 5.75 Å². The second kappa shape index (κ2) is 5.42. The van der Waals surface area contributed by atoms with Crippen LogP contribution in [0, 0.1) is 0 Å². The van der Waals surface area contributed by atoms with Gasteiger partial charge in [-0.3, -0.25) is 4.79 Å². The van der Waals surface area contributed by atoms with Gasteiger partial charge in [0.2, 0.25) is 5.75 Å². The molecule has 1 rings (SSSR count). The maximum absolute atomic E-state index is 11.0. The van der Waals surface area contributed by atoms with Gasteiger partial charge < -0.3 is 10.1 Å². The highest BCUT2D eigenvalue weighted by atomic mass is 16.3. The molecule has 0 aliphatic rings. The fourth-order valence-electron chi connectivity index (χ4n) is 1.33. The van der Waals surface area contributed by atoms with E-state index in [0.717, 1.165) is 12.8 Å². The number of nitrogens with zero attached hydrogens (tertiary/aromatic N) is 1. The minimum atomic E-state index is -0.453. The molecular weight excluding hydrogens is 180 g/mol. The van der Waals surface area contributed by atoms with E-state index in [-0.39, 0.29) is 5.75 Å². The van der Waals surface area contributed by atoms with E-state index in [1.54, 1.807) is 0 Å². The average molecular weight is 196 g/mol. The predicted molar refractivity (Wildman–Crippen MR) is 54.4 cm³/mol. The number of aromatic hydroxyl groups is 1. The van der Waals surface area contributed by atoms with E-state index < -0.39 is 5.56 Å². The van der Waals surface area contributed by atoms with Gasteiger partial charge in [0.15, 0.2) is 0 Å². The van der Waals surface area contributed by atoms with Crippen LogP contribution in [0.4, 0.5) is 0 Å². The molecule has 0 saturated heterocycles. The summed E-state index contributed by atoms with van der Waals surface area (Å²) in [5.74, 6) is -0.232. The second-order valence-corrected chi connectivity index (χ2v) is 3.34. The summed E-state index contributed by atoms with van der Waals surface area (Å²) in [6, 6.07) is 0. The highest BCUT2D eigenvalue weighted by Gasteiger charge is 2.05. The molecule has 0 bridgehead atoms. The molecule has 4 nitrogen and oxygen atoms in total. The van der Waals surface area contributed by atoms with Crippen LogP contribution in [0.25, 0.3) is 0 Å². The molecule has 0 amide bonds. The Kier molecular flexibility index (Phi) is 4.16. The number of hydrogen-bond donors (Lipinski definition) is 2. The molecule has 1 heterocycles. The lowest BCUT2D eigenvalue weighted by Gasteiger charge is -2.01. The van der Waals surface area contributed by atoms with Gasteiger partial charge in [0, 0.05) is 0 Å². The number of hydrogen-bond acceptors (Lipinski definition) is 3. The number of H-pyrrole nitrogens is 1. The molecule has 0 saturated carbocycles. The van der Waals surface area contributed by atoms with E-state index in [9.17, 15) is 9.90 Å². The zero-order valence-electron chi connectivity index (χ0n) is 8.42. The maximum atomic E-state index is 11.0. The Morgan fingerprint density at radius 1 is 1.43 bits per heavy atom. The van der Waals surface area contributed by atoms with E-state index in [4.69, 9.17) is 0 Å². The van der Waals surface area contributed by atoms with E-state index in [1.165, 1.54) is 19.2 Å². The van der Waals surface area contributed by atoms with Gasteiger partial charge in [0.25, 0.3) is 5.56 Å². The number of aromatic amines is 1. The third kappa shape index (κ3) is 2.87. The number of rotatable bonds is 5. The molecular formula is C10H16N2O2. The lowest BCUT2D eigenvalue weighted by Crippen LogP contribution is -2.08. The molecule has 0 aliphatic carbocycles. The molecule has 0 aromatic carbocycles. The van der Waals surface area contributed by atoms with Crippen LogP contribution in [0.1, 0.15) is 38.3 Å². The fraction of sp³-hybridized carbons (Fsp3) is 0.600. The van der Waals surface area contributed by atoms with Crippen molar-refractivity contribution in [2.24, 2.45) is 0 Å². The standard InChI is InChI=1S/C10H16N2O2/c1-2-3-4-5-6-8-9(13)10(14)12-7-11-8/h7,13H,2-6H2,1H3,(H,11,12,14). The smallest absolute Gasteiger partial charge is 0.293 e. The lowest BCUT2D eigenvalue weighted by atomic mass is 10.1. The number of aromatic nitrogens is 2. The molecule has 0 atom stereocenters. The highest BCUT2D eigenvalue weighted by Crippen LogP contribution is 2.11. The summed E-state index contributed by atoms with van der Waals surface area (Å²) in [4.78, 5) is 17.2. The molecule has 0 radical (unpaired) electrons. The van der Waals surface area contributed by atoms with Crippen molar-refractivity contribution in [1.82, 2.24) is 9.97 Å². The Hall–Kier alpha value is -1.32. The van der Waals surface area contributed by atoms with Crippen LogP contribution in [0.3, 0.4) is 0 Å². The van der Waals surface area contributed by atoms with Gasteiger partial charge in [-0.1, -0.05) is 26.2 Å². The summed E-state index contributed by atoms with van der Waals surface area (Å²) in [6.45, 7) is 2.14. The van der Waals surface area contributed by atoms with Gasteiger partial charge in [-0.2, -0.15) is 0 Å². The van der Waals surface area contributed by atoms with Gasteiger partial charge in [-0.15, -0.1) is 0 Å². The van der Waals surface area contributed by atoms with Gasteiger partial charge in [0.05, 0.1) is 12.0 Å². The third-order valence-electron chi connectivity index (χ3n) is 2.17. The molecule has 1 aromatic heterocycles. The zero-order chi connectivity index (χ0) is 10.4. The first kappa shape index (κ1) is 10.8. The van der Waals surface area contributed by atoms with Crippen molar-refractivity contribution in [3.63, 3.8) is 0 Å². The van der Waals surface area contributed by atoms with Crippen LogP contribution in [0.15, 0.2) is 11.1 Å². The first-order valence-electron chi connectivity index (χ1n) is 5.01.